The van der Waals surface area contributed by atoms with Crippen molar-refractivity contribution in [2.24, 2.45) is 50.2 Å². The predicted octanol–water partition coefficient (Wildman–Crippen LogP) is 2.08. The molecule has 0 radical (unpaired) electrons. The minimum Gasteiger partial charge on any atom is -0.481 e. The van der Waals surface area contributed by atoms with Crippen molar-refractivity contribution in [1.82, 2.24) is 0 Å². The molecule has 4 saturated carbocycles. The standard InChI is InChI=1S/C46H72O17/c1-41(2)14-16-46(40(56)57)17-15-44(6)21(22(46)18-41)8-9-26-43(5)12-11-27(42(3,4)25(43)10-13-45(26,44)7)60-39-35(63-38-31(52)29(50)24(48)20-59-38)33(32(53)34(62-39)36(54)55)61-37-30(51)28(49)23(47)19-58-37/h8,22-35,37-39,47-53H,9-20H2,1-7H3,(H,54,55)(H,56,57)/t22-,23-,24+,25-,26+,27-,28-,29-,30+,31+,32-,33-,34-,35+,37-,38-,39+,43-,44+,45+,46-/m0/s1. The molecule has 63 heavy (non-hydrogen) atoms. The maximum atomic E-state index is 13.1. The lowest BCUT2D eigenvalue weighted by atomic mass is 9.33. The number of allylic oxidation sites excluding steroid dienone is 2. The second kappa shape index (κ2) is 16.4. The van der Waals surface area contributed by atoms with Crippen LogP contribution in [0.5, 0.6) is 0 Å². The van der Waals surface area contributed by atoms with Gasteiger partial charge >= 0.3 is 11.9 Å². The van der Waals surface area contributed by atoms with Crippen LogP contribution in [-0.4, -0.2) is 157 Å². The van der Waals surface area contributed by atoms with Gasteiger partial charge in [-0.2, -0.15) is 0 Å². The Morgan fingerprint density at radius 1 is 0.651 bits per heavy atom. The number of hydrogen-bond acceptors (Lipinski definition) is 15. The quantitative estimate of drug-likeness (QED) is 0.125. The zero-order valence-corrected chi connectivity index (χ0v) is 37.7. The minimum absolute atomic E-state index is 0.00829. The lowest BCUT2D eigenvalue weighted by Gasteiger charge is -2.71. The summed E-state index contributed by atoms with van der Waals surface area (Å²) in [7, 11) is 0. The molecule has 3 heterocycles. The maximum absolute atomic E-state index is 13.1. The molecule has 3 saturated heterocycles. The monoisotopic (exact) mass is 896 g/mol. The van der Waals surface area contributed by atoms with Crippen LogP contribution in [0.3, 0.4) is 0 Å². The fourth-order valence-corrected chi connectivity index (χ4v) is 14.6. The van der Waals surface area contributed by atoms with Crippen LogP contribution < -0.4 is 0 Å². The van der Waals surface area contributed by atoms with Gasteiger partial charge < -0.3 is 74.4 Å². The van der Waals surface area contributed by atoms with Gasteiger partial charge in [0, 0.05) is 0 Å². The molecule has 7 fully saturated rings. The van der Waals surface area contributed by atoms with Crippen molar-refractivity contribution in [3.8, 4) is 0 Å². The van der Waals surface area contributed by atoms with Crippen molar-refractivity contribution in [2.75, 3.05) is 13.2 Å². The molecule has 0 aromatic carbocycles. The SMILES string of the molecule is CC1(C)CC[C@]2(C(=O)O)CC[C@]3(C)C(=CC[C@@H]4[C@@]5(C)CC[C@H](O[C@@H]6O[C@H](C(=O)O)[C@@H](O)[C@H](O[C@@H]7OC[C@H](O)[C@H](O)[C@H]7O)[C@H]6O[C@@H]6OC[C@@H](O)[C@H](O)[C@H]6O)C(C)(C)[C@@H]5CC[C@]43C)[C@@H]2C1. The van der Waals surface area contributed by atoms with Crippen LogP contribution in [0.1, 0.15) is 113 Å². The summed E-state index contributed by atoms with van der Waals surface area (Å²) < 4.78 is 36.2. The van der Waals surface area contributed by atoms with E-state index < -0.39 is 122 Å². The number of ether oxygens (including phenoxy) is 6. The summed E-state index contributed by atoms with van der Waals surface area (Å²) in [6.45, 7) is 15.2. The maximum Gasteiger partial charge on any atom is 0.335 e. The highest BCUT2D eigenvalue weighted by Gasteiger charge is 2.70. The number of carbonyl (C=O) groups is 2. The van der Waals surface area contributed by atoms with E-state index in [4.69, 9.17) is 28.4 Å². The Balaban J connectivity index is 1.09. The fourth-order valence-electron chi connectivity index (χ4n) is 14.6. The van der Waals surface area contributed by atoms with Crippen LogP contribution in [-0.2, 0) is 38.0 Å². The second-order valence-corrected chi connectivity index (χ2v) is 22.6. The van der Waals surface area contributed by atoms with Gasteiger partial charge in [0.2, 0.25) is 0 Å². The molecule has 3 aliphatic heterocycles. The molecular formula is C46H72O17. The third-order valence-corrected chi connectivity index (χ3v) is 18.6. The smallest absolute Gasteiger partial charge is 0.335 e. The van der Waals surface area contributed by atoms with Crippen LogP contribution in [0.4, 0.5) is 0 Å². The van der Waals surface area contributed by atoms with E-state index in [1.807, 2.05) is 0 Å². The van der Waals surface area contributed by atoms with Gasteiger partial charge in [0.15, 0.2) is 25.0 Å². The lowest BCUT2D eigenvalue weighted by Crippen LogP contribution is -2.68. The van der Waals surface area contributed by atoms with Crippen molar-refractivity contribution in [3.05, 3.63) is 11.6 Å². The van der Waals surface area contributed by atoms with Crippen molar-refractivity contribution in [3.63, 3.8) is 0 Å². The fraction of sp³-hybridized carbons (Fsp3) is 0.913. The Hall–Kier alpha value is -1.84. The molecule has 8 rings (SSSR count). The van der Waals surface area contributed by atoms with Crippen molar-refractivity contribution < 1.29 is 84.0 Å². The summed E-state index contributed by atoms with van der Waals surface area (Å²) in [6, 6.07) is 0. The van der Waals surface area contributed by atoms with Crippen LogP contribution >= 0.6 is 0 Å². The van der Waals surface area contributed by atoms with E-state index in [1.165, 1.54) is 5.57 Å². The van der Waals surface area contributed by atoms with E-state index in [2.05, 4.69) is 54.5 Å². The zero-order chi connectivity index (χ0) is 46.0. The number of carboxylic acid groups (broad SMARTS) is 2. The van der Waals surface area contributed by atoms with E-state index in [-0.39, 0.29) is 39.4 Å². The van der Waals surface area contributed by atoms with Gasteiger partial charge in [-0.15, -0.1) is 0 Å². The molecular weight excluding hydrogens is 824 g/mol. The van der Waals surface area contributed by atoms with E-state index in [9.17, 15) is 55.5 Å². The largest absolute Gasteiger partial charge is 0.481 e. The van der Waals surface area contributed by atoms with Crippen molar-refractivity contribution in [1.29, 1.82) is 0 Å². The van der Waals surface area contributed by atoms with E-state index in [0.717, 1.165) is 44.9 Å². The highest BCUT2D eigenvalue weighted by atomic mass is 16.8. The Morgan fingerprint density at radius 3 is 1.83 bits per heavy atom. The summed E-state index contributed by atoms with van der Waals surface area (Å²) in [5.41, 5.74) is -0.342. The van der Waals surface area contributed by atoms with E-state index in [1.54, 1.807) is 0 Å². The first-order valence-corrected chi connectivity index (χ1v) is 23.1. The number of fused-ring (bicyclic) bond motifs is 7. The molecule has 17 nitrogen and oxygen atoms in total. The Morgan fingerprint density at radius 2 is 1.24 bits per heavy atom. The van der Waals surface area contributed by atoms with E-state index >= 15 is 0 Å². The van der Waals surface area contributed by atoms with Crippen molar-refractivity contribution in [2.45, 2.75) is 199 Å². The third-order valence-electron chi connectivity index (χ3n) is 18.6. The second-order valence-electron chi connectivity index (χ2n) is 22.6. The van der Waals surface area contributed by atoms with Crippen LogP contribution in [0.25, 0.3) is 0 Å². The molecule has 0 aromatic rings. The van der Waals surface area contributed by atoms with Gasteiger partial charge in [-0.3, -0.25) is 4.79 Å². The Bertz CT molecular complexity index is 1770. The highest BCUT2D eigenvalue weighted by Crippen LogP contribution is 2.76. The first-order valence-electron chi connectivity index (χ1n) is 23.1. The molecule has 5 aliphatic carbocycles. The van der Waals surface area contributed by atoms with Crippen LogP contribution in [0.2, 0.25) is 0 Å². The molecule has 358 valence electrons. The number of carboxylic acids is 2. The molecule has 8 aliphatic rings. The van der Waals surface area contributed by atoms with Gasteiger partial charge in [-0.05, 0) is 109 Å². The first kappa shape index (κ1) is 47.6. The van der Waals surface area contributed by atoms with Gasteiger partial charge in [0.05, 0.1) is 24.7 Å². The molecule has 0 spiro atoms. The molecule has 0 unspecified atom stereocenters. The van der Waals surface area contributed by atoms with Gasteiger partial charge in [-0.25, -0.2) is 4.79 Å². The first-order chi connectivity index (χ1) is 29.3. The average Bonchev–Trinajstić information content (AvgIpc) is 3.20. The number of rotatable bonds is 8. The average molecular weight is 897 g/mol. The van der Waals surface area contributed by atoms with Crippen molar-refractivity contribution >= 4 is 11.9 Å². The number of aliphatic carboxylic acids is 2. The van der Waals surface area contributed by atoms with Crippen LogP contribution in [0.15, 0.2) is 11.6 Å². The van der Waals surface area contributed by atoms with Gasteiger partial charge in [0.25, 0.3) is 0 Å². The summed E-state index contributed by atoms with van der Waals surface area (Å²) in [5, 5.41) is 95.6. The number of aliphatic hydroxyl groups excluding tert-OH is 7. The Kier molecular flexibility index (Phi) is 12.4. The normalized spacial score (nSPS) is 52.9. The molecule has 0 bridgehead atoms. The molecule has 21 atom stereocenters. The highest BCUT2D eigenvalue weighted by molar-refractivity contribution is 5.76. The minimum atomic E-state index is -1.99. The van der Waals surface area contributed by atoms with Gasteiger partial charge in [-0.1, -0.05) is 60.1 Å². The molecule has 17 heteroatoms. The third kappa shape index (κ3) is 7.46. The molecule has 9 N–H and O–H groups in total. The number of hydrogen-bond donors (Lipinski definition) is 9. The van der Waals surface area contributed by atoms with E-state index in [0.29, 0.717) is 19.3 Å². The Labute approximate surface area is 369 Å². The summed E-state index contributed by atoms with van der Waals surface area (Å²) in [4.78, 5) is 25.8. The summed E-state index contributed by atoms with van der Waals surface area (Å²) in [5.74, 6) is -1.84. The summed E-state index contributed by atoms with van der Waals surface area (Å²) >= 11 is 0. The van der Waals surface area contributed by atoms with Gasteiger partial charge in [0.1, 0.15) is 54.9 Å². The lowest BCUT2D eigenvalue weighted by molar-refractivity contribution is -0.386. The summed E-state index contributed by atoms with van der Waals surface area (Å²) in [6.07, 6.45) is -12.4. The number of aliphatic hydroxyl groups is 7. The topological polar surface area (TPSA) is 272 Å². The van der Waals surface area contributed by atoms with Crippen LogP contribution in [0, 0.1) is 50.2 Å². The predicted molar refractivity (Wildman–Crippen MR) is 219 cm³/mol. The molecule has 0 amide bonds. The zero-order valence-electron chi connectivity index (χ0n) is 37.7. The molecule has 0 aromatic heterocycles.